The highest BCUT2D eigenvalue weighted by Crippen LogP contribution is 2.36. The number of nitrogens with zero attached hydrogens (tertiary/aromatic N) is 2. The van der Waals surface area contributed by atoms with E-state index in [2.05, 4.69) is 24.0 Å². The molecule has 1 unspecified atom stereocenters. The Kier molecular flexibility index (Phi) is 4.35. The van der Waals surface area contributed by atoms with Crippen molar-refractivity contribution < 1.29 is 18.4 Å². The van der Waals surface area contributed by atoms with Crippen LogP contribution in [-0.2, 0) is 4.74 Å². The van der Waals surface area contributed by atoms with Crippen molar-refractivity contribution in [3.8, 4) is 17.2 Å². The van der Waals surface area contributed by atoms with Crippen molar-refractivity contribution >= 4 is 0 Å². The van der Waals surface area contributed by atoms with Gasteiger partial charge >= 0.3 is 0 Å². The van der Waals surface area contributed by atoms with Crippen LogP contribution in [0.1, 0.15) is 45.4 Å². The normalized spacial score (nSPS) is 20.4. The second-order valence-electron chi connectivity index (χ2n) is 6.31. The van der Waals surface area contributed by atoms with Gasteiger partial charge < -0.3 is 14.0 Å². The van der Waals surface area contributed by atoms with Crippen molar-refractivity contribution in [3.05, 3.63) is 29.8 Å². The number of benzene rings is 1. The number of ether oxygens (including phenoxy) is 2. The third kappa shape index (κ3) is 3.37. The van der Waals surface area contributed by atoms with Gasteiger partial charge in [0.05, 0.1) is 17.8 Å². The maximum Gasteiger partial charge on any atom is 0.261 e. The lowest BCUT2D eigenvalue weighted by atomic mass is 9.88. The average Bonchev–Trinajstić information content (AvgIpc) is 2.98. The van der Waals surface area contributed by atoms with E-state index in [9.17, 15) is 4.39 Å². The molecule has 0 aliphatic carbocycles. The summed E-state index contributed by atoms with van der Waals surface area (Å²) >= 11 is 0. The fraction of sp³-hybridized carbons (Fsp3) is 0.529. The number of aromatic nitrogens is 2. The topological polar surface area (TPSA) is 57.4 Å². The molecule has 1 aliphatic heterocycles. The van der Waals surface area contributed by atoms with Crippen LogP contribution in [0.2, 0.25) is 0 Å². The van der Waals surface area contributed by atoms with Gasteiger partial charge in [-0.15, -0.1) is 0 Å². The van der Waals surface area contributed by atoms with Gasteiger partial charge in [0.2, 0.25) is 0 Å². The molecule has 0 amide bonds. The first-order chi connectivity index (χ1) is 11.0. The SMILES string of the molecule is CCOc1c(F)cccc1-c1nc(C2CCOC(C)(C)C2)no1. The summed E-state index contributed by atoms with van der Waals surface area (Å²) in [5.74, 6) is 0.824. The Morgan fingerprint density at radius 3 is 2.96 bits per heavy atom. The van der Waals surface area contributed by atoms with Crippen LogP contribution in [0.3, 0.4) is 0 Å². The second kappa shape index (κ2) is 6.28. The molecule has 2 aromatic rings. The number of para-hydroxylation sites is 1. The van der Waals surface area contributed by atoms with Crippen LogP contribution in [0.15, 0.2) is 22.7 Å². The Morgan fingerprint density at radius 2 is 2.22 bits per heavy atom. The number of hydrogen-bond acceptors (Lipinski definition) is 5. The lowest BCUT2D eigenvalue weighted by molar-refractivity contribution is -0.0604. The minimum atomic E-state index is -0.434. The van der Waals surface area contributed by atoms with E-state index < -0.39 is 5.82 Å². The fourth-order valence-electron chi connectivity index (χ4n) is 2.93. The van der Waals surface area contributed by atoms with Crippen molar-refractivity contribution in [1.29, 1.82) is 0 Å². The largest absolute Gasteiger partial charge is 0.490 e. The summed E-state index contributed by atoms with van der Waals surface area (Å²) in [5, 5.41) is 4.09. The van der Waals surface area contributed by atoms with Crippen LogP contribution in [0, 0.1) is 5.82 Å². The minimum absolute atomic E-state index is 0.150. The van der Waals surface area contributed by atoms with Crippen LogP contribution in [0.25, 0.3) is 11.5 Å². The molecule has 1 atom stereocenters. The predicted octanol–water partition coefficient (Wildman–Crippen LogP) is 3.95. The minimum Gasteiger partial charge on any atom is -0.490 e. The zero-order chi connectivity index (χ0) is 16.4. The average molecular weight is 320 g/mol. The molecular formula is C17H21FN2O3. The molecule has 1 aromatic carbocycles. The Bertz CT molecular complexity index is 684. The number of hydrogen-bond donors (Lipinski definition) is 0. The molecule has 0 N–H and O–H groups in total. The molecule has 0 saturated carbocycles. The van der Waals surface area contributed by atoms with Crippen LogP contribution in [0.4, 0.5) is 4.39 Å². The van der Waals surface area contributed by atoms with Crippen LogP contribution < -0.4 is 4.74 Å². The Morgan fingerprint density at radius 1 is 1.39 bits per heavy atom. The van der Waals surface area contributed by atoms with Crippen LogP contribution >= 0.6 is 0 Å². The third-order valence-electron chi connectivity index (χ3n) is 3.99. The molecule has 6 heteroatoms. The van der Waals surface area contributed by atoms with E-state index in [1.165, 1.54) is 6.07 Å². The maximum absolute atomic E-state index is 14.0. The molecule has 0 radical (unpaired) electrons. The maximum atomic E-state index is 14.0. The van der Waals surface area contributed by atoms with Crippen LogP contribution in [0.5, 0.6) is 5.75 Å². The van der Waals surface area contributed by atoms with E-state index in [-0.39, 0.29) is 23.2 Å². The highest BCUT2D eigenvalue weighted by Gasteiger charge is 2.32. The summed E-state index contributed by atoms with van der Waals surface area (Å²) in [4.78, 5) is 4.47. The standard InChI is InChI=1S/C17H21FN2O3/c1-4-21-14-12(6-5-7-13(14)18)16-19-15(20-23-16)11-8-9-22-17(2,3)10-11/h5-7,11H,4,8-10H2,1-3H3. The number of halogens is 1. The molecular weight excluding hydrogens is 299 g/mol. The van der Waals surface area contributed by atoms with Crippen molar-refractivity contribution in [1.82, 2.24) is 10.1 Å². The Labute approximate surface area is 134 Å². The van der Waals surface area contributed by atoms with E-state index in [1.54, 1.807) is 19.1 Å². The highest BCUT2D eigenvalue weighted by molar-refractivity contribution is 5.63. The monoisotopic (exact) mass is 320 g/mol. The molecule has 23 heavy (non-hydrogen) atoms. The van der Waals surface area contributed by atoms with E-state index >= 15 is 0 Å². The molecule has 2 heterocycles. The van der Waals surface area contributed by atoms with Crippen LogP contribution in [-0.4, -0.2) is 29.0 Å². The van der Waals surface area contributed by atoms with E-state index in [4.69, 9.17) is 14.0 Å². The van der Waals surface area contributed by atoms with Crippen molar-refractivity contribution in [3.63, 3.8) is 0 Å². The summed E-state index contributed by atoms with van der Waals surface area (Å²) in [6, 6.07) is 4.68. The van der Waals surface area contributed by atoms with Crippen molar-refractivity contribution in [2.24, 2.45) is 0 Å². The number of rotatable bonds is 4. The molecule has 1 aliphatic rings. The zero-order valence-corrected chi connectivity index (χ0v) is 13.6. The first kappa shape index (κ1) is 15.9. The lowest BCUT2D eigenvalue weighted by Gasteiger charge is -2.34. The Balaban J connectivity index is 1.89. The van der Waals surface area contributed by atoms with Gasteiger partial charge in [-0.25, -0.2) is 4.39 Å². The molecule has 0 bridgehead atoms. The molecule has 1 fully saturated rings. The molecule has 3 rings (SSSR count). The van der Waals surface area contributed by atoms with Gasteiger partial charge in [0.15, 0.2) is 17.4 Å². The van der Waals surface area contributed by atoms with Crippen molar-refractivity contribution in [2.75, 3.05) is 13.2 Å². The lowest BCUT2D eigenvalue weighted by Crippen LogP contribution is -2.33. The summed E-state index contributed by atoms with van der Waals surface area (Å²) in [5.41, 5.74) is 0.288. The first-order valence-corrected chi connectivity index (χ1v) is 7.89. The fourth-order valence-corrected chi connectivity index (χ4v) is 2.93. The van der Waals surface area contributed by atoms with Crippen molar-refractivity contribution in [2.45, 2.75) is 45.1 Å². The second-order valence-corrected chi connectivity index (χ2v) is 6.31. The first-order valence-electron chi connectivity index (χ1n) is 7.89. The molecule has 0 spiro atoms. The quantitative estimate of drug-likeness (QED) is 0.854. The molecule has 1 aromatic heterocycles. The smallest absolute Gasteiger partial charge is 0.261 e. The van der Waals surface area contributed by atoms with Gasteiger partial charge in [-0.05, 0) is 45.7 Å². The van der Waals surface area contributed by atoms with E-state index in [1.807, 2.05) is 0 Å². The van der Waals surface area contributed by atoms with Gasteiger partial charge in [0.1, 0.15) is 0 Å². The van der Waals surface area contributed by atoms with E-state index in [0.29, 0.717) is 24.6 Å². The molecule has 5 nitrogen and oxygen atoms in total. The zero-order valence-electron chi connectivity index (χ0n) is 13.6. The summed E-state index contributed by atoms with van der Waals surface area (Å²) in [6.45, 7) is 6.95. The van der Waals surface area contributed by atoms with Gasteiger partial charge in [0.25, 0.3) is 5.89 Å². The predicted molar refractivity (Wildman–Crippen MR) is 82.9 cm³/mol. The summed E-state index contributed by atoms with van der Waals surface area (Å²) in [6.07, 6.45) is 1.68. The van der Waals surface area contributed by atoms with E-state index in [0.717, 1.165) is 12.8 Å². The van der Waals surface area contributed by atoms with Gasteiger partial charge in [-0.3, -0.25) is 0 Å². The van der Waals surface area contributed by atoms with Gasteiger partial charge in [-0.2, -0.15) is 4.98 Å². The molecule has 124 valence electrons. The highest BCUT2D eigenvalue weighted by atomic mass is 19.1. The summed E-state index contributed by atoms with van der Waals surface area (Å²) in [7, 11) is 0. The molecule has 1 saturated heterocycles. The third-order valence-corrected chi connectivity index (χ3v) is 3.99. The summed E-state index contributed by atoms with van der Waals surface area (Å²) < 4.78 is 30.4. The van der Waals surface area contributed by atoms with Gasteiger partial charge in [-0.1, -0.05) is 11.2 Å². The van der Waals surface area contributed by atoms with Gasteiger partial charge in [0, 0.05) is 12.5 Å². The Hall–Kier alpha value is -1.95.